The molecule has 2 heterocycles. The standard InChI is InChI=1S/C30H36N6O4S2/c1-30(2,3)19-9-10-20-21(15-31)28(42-24(20)14-19)33-27(38)17-41-29-35-34-25(36(29)4)16-32-26(37)12-8-18-7-11-22(39-5)23(13-18)40-6/h7-8,11-13,19H,9-10,14,16-17H2,1-6H3,(H,32,37)(H,33,38)/b12-8+/t19-/m0/s1. The van der Waals surface area contributed by atoms with E-state index in [2.05, 4.69) is 47.7 Å². The van der Waals surface area contributed by atoms with Gasteiger partial charge in [-0.05, 0) is 59.9 Å². The number of fused-ring (bicyclic) bond motifs is 1. The quantitative estimate of drug-likeness (QED) is 0.244. The van der Waals surface area contributed by atoms with Crippen LogP contribution in [0.15, 0.2) is 29.4 Å². The van der Waals surface area contributed by atoms with Crippen LogP contribution in [0.2, 0.25) is 0 Å². The molecule has 4 rings (SSSR count). The summed E-state index contributed by atoms with van der Waals surface area (Å²) in [5, 5.41) is 25.1. The summed E-state index contributed by atoms with van der Waals surface area (Å²) >= 11 is 2.77. The normalized spacial score (nSPS) is 14.7. The third kappa shape index (κ3) is 7.33. The summed E-state index contributed by atoms with van der Waals surface area (Å²) in [6.07, 6.45) is 5.96. The number of benzene rings is 1. The monoisotopic (exact) mass is 608 g/mol. The topological polar surface area (TPSA) is 131 Å². The lowest BCUT2D eigenvalue weighted by molar-refractivity contribution is -0.116. The van der Waals surface area contributed by atoms with Gasteiger partial charge in [-0.2, -0.15) is 5.26 Å². The average molecular weight is 609 g/mol. The molecule has 1 aromatic carbocycles. The van der Waals surface area contributed by atoms with Crippen molar-refractivity contribution in [1.82, 2.24) is 20.1 Å². The van der Waals surface area contributed by atoms with Gasteiger partial charge in [-0.15, -0.1) is 21.5 Å². The van der Waals surface area contributed by atoms with Crippen LogP contribution in [-0.2, 0) is 36.0 Å². The number of hydrogen-bond donors (Lipinski definition) is 2. The Kier molecular flexibility index (Phi) is 9.96. The number of anilines is 1. The molecular formula is C30H36N6O4S2. The van der Waals surface area contributed by atoms with E-state index in [1.165, 1.54) is 34.1 Å². The van der Waals surface area contributed by atoms with Crippen LogP contribution in [0.3, 0.4) is 0 Å². The van der Waals surface area contributed by atoms with E-state index in [9.17, 15) is 14.9 Å². The van der Waals surface area contributed by atoms with Crippen molar-refractivity contribution >= 4 is 46.0 Å². The zero-order valence-corrected chi connectivity index (χ0v) is 26.4. The number of rotatable bonds is 10. The lowest BCUT2D eigenvalue weighted by atomic mass is 9.72. The number of thiophene rings is 1. The Hall–Kier alpha value is -3.82. The molecule has 1 aliphatic carbocycles. The van der Waals surface area contributed by atoms with Crippen LogP contribution < -0.4 is 20.1 Å². The van der Waals surface area contributed by atoms with Crippen LogP contribution in [0.25, 0.3) is 6.08 Å². The predicted octanol–water partition coefficient (Wildman–Crippen LogP) is 4.98. The van der Waals surface area contributed by atoms with Gasteiger partial charge in [-0.1, -0.05) is 38.6 Å². The van der Waals surface area contributed by atoms with E-state index in [0.717, 1.165) is 30.4 Å². The molecule has 0 aliphatic heterocycles. The maximum atomic E-state index is 12.8. The number of hydrogen-bond acceptors (Lipinski definition) is 9. The molecule has 0 saturated carbocycles. The number of amides is 2. The highest BCUT2D eigenvalue weighted by atomic mass is 32.2. The van der Waals surface area contributed by atoms with Crippen LogP contribution in [0, 0.1) is 22.7 Å². The van der Waals surface area contributed by atoms with Crippen molar-refractivity contribution < 1.29 is 19.1 Å². The molecule has 0 fully saturated rings. The van der Waals surface area contributed by atoms with E-state index in [4.69, 9.17) is 9.47 Å². The highest BCUT2D eigenvalue weighted by Crippen LogP contribution is 2.44. The van der Waals surface area contributed by atoms with Crippen molar-refractivity contribution in [2.75, 3.05) is 25.3 Å². The Bertz CT molecular complexity index is 1530. The Morgan fingerprint density at radius 1 is 1.24 bits per heavy atom. The summed E-state index contributed by atoms with van der Waals surface area (Å²) in [7, 11) is 4.91. The number of nitriles is 1. The Labute approximate surface area is 254 Å². The predicted molar refractivity (Wildman–Crippen MR) is 165 cm³/mol. The first-order valence-electron chi connectivity index (χ1n) is 13.6. The Morgan fingerprint density at radius 3 is 2.69 bits per heavy atom. The number of carbonyl (C=O) groups is 2. The van der Waals surface area contributed by atoms with Crippen LogP contribution in [0.5, 0.6) is 11.5 Å². The van der Waals surface area contributed by atoms with Gasteiger partial charge in [0.05, 0.1) is 32.1 Å². The molecule has 2 N–H and O–H groups in total. The third-order valence-corrected chi connectivity index (χ3v) is 9.56. The fourth-order valence-electron chi connectivity index (χ4n) is 4.80. The molecule has 1 atom stereocenters. The van der Waals surface area contributed by atoms with E-state index in [-0.39, 0.29) is 29.5 Å². The van der Waals surface area contributed by atoms with Gasteiger partial charge >= 0.3 is 0 Å². The largest absolute Gasteiger partial charge is 0.493 e. The van der Waals surface area contributed by atoms with Gasteiger partial charge < -0.3 is 24.7 Å². The fourth-order valence-corrected chi connectivity index (χ4v) is 6.83. The summed E-state index contributed by atoms with van der Waals surface area (Å²) in [6, 6.07) is 7.69. The third-order valence-electron chi connectivity index (χ3n) is 7.37. The first-order valence-corrected chi connectivity index (χ1v) is 15.4. The van der Waals surface area contributed by atoms with E-state index in [0.29, 0.717) is 39.0 Å². The molecule has 12 heteroatoms. The van der Waals surface area contributed by atoms with Crippen molar-refractivity contribution in [2.45, 2.75) is 51.7 Å². The maximum absolute atomic E-state index is 12.8. The van der Waals surface area contributed by atoms with Crippen molar-refractivity contribution in [3.8, 4) is 17.6 Å². The molecule has 42 heavy (non-hydrogen) atoms. The van der Waals surface area contributed by atoms with Crippen molar-refractivity contribution in [3.63, 3.8) is 0 Å². The molecule has 2 amide bonds. The number of nitrogens with zero attached hydrogens (tertiary/aromatic N) is 4. The van der Waals surface area contributed by atoms with Gasteiger partial charge in [-0.3, -0.25) is 9.59 Å². The first-order chi connectivity index (χ1) is 20.0. The lowest BCUT2D eigenvalue weighted by Crippen LogP contribution is -2.26. The molecule has 2 aromatic heterocycles. The summed E-state index contributed by atoms with van der Waals surface area (Å²) in [6.45, 7) is 6.94. The average Bonchev–Trinajstić information content (AvgIpc) is 3.50. The lowest BCUT2D eigenvalue weighted by Gasteiger charge is -2.33. The summed E-state index contributed by atoms with van der Waals surface area (Å²) in [4.78, 5) is 26.4. The molecule has 1 aliphatic rings. The van der Waals surface area contributed by atoms with Gasteiger partial charge in [-0.25, -0.2) is 0 Å². The highest BCUT2D eigenvalue weighted by molar-refractivity contribution is 7.99. The number of carbonyl (C=O) groups excluding carboxylic acids is 2. The Morgan fingerprint density at radius 2 is 2.00 bits per heavy atom. The summed E-state index contributed by atoms with van der Waals surface area (Å²) in [5.41, 5.74) is 2.67. The van der Waals surface area contributed by atoms with Gasteiger partial charge in [0, 0.05) is 18.0 Å². The highest BCUT2D eigenvalue weighted by Gasteiger charge is 2.32. The van der Waals surface area contributed by atoms with Gasteiger partial charge in [0.2, 0.25) is 11.8 Å². The molecule has 0 bridgehead atoms. The van der Waals surface area contributed by atoms with E-state index < -0.39 is 0 Å². The number of aromatic nitrogens is 3. The number of methoxy groups -OCH3 is 2. The van der Waals surface area contributed by atoms with E-state index >= 15 is 0 Å². The second-order valence-corrected chi connectivity index (χ2v) is 13.1. The molecule has 0 saturated heterocycles. The number of thioether (sulfide) groups is 1. The minimum absolute atomic E-state index is 0.116. The zero-order chi connectivity index (χ0) is 30.4. The van der Waals surface area contributed by atoms with Crippen LogP contribution in [-0.4, -0.2) is 46.6 Å². The van der Waals surface area contributed by atoms with E-state index in [1.807, 2.05) is 6.07 Å². The fraction of sp³-hybridized carbons (Fsp3) is 0.433. The zero-order valence-electron chi connectivity index (χ0n) is 24.7. The van der Waals surface area contributed by atoms with Crippen LogP contribution >= 0.6 is 23.1 Å². The van der Waals surface area contributed by atoms with Gasteiger partial charge in [0.1, 0.15) is 11.1 Å². The van der Waals surface area contributed by atoms with Gasteiger partial charge in [0.25, 0.3) is 0 Å². The Balaban J connectivity index is 1.29. The second-order valence-electron chi connectivity index (χ2n) is 11.1. The van der Waals surface area contributed by atoms with Crippen LogP contribution in [0.4, 0.5) is 5.00 Å². The molecular weight excluding hydrogens is 573 g/mol. The first kappa shape index (κ1) is 31.1. The number of ether oxygens (including phenoxy) is 2. The molecule has 10 nitrogen and oxygen atoms in total. The second kappa shape index (κ2) is 13.4. The summed E-state index contributed by atoms with van der Waals surface area (Å²) < 4.78 is 12.3. The number of nitrogens with one attached hydrogen (secondary N) is 2. The maximum Gasteiger partial charge on any atom is 0.244 e. The smallest absolute Gasteiger partial charge is 0.244 e. The van der Waals surface area contributed by atoms with Crippen molar-refractivity contribution in [3.05, 3.63) is 51.7 Å². The van der Waals surface area contributed by atoms with E-state index in [1.54, 1.807) is 44.0 Å². The van der Waals surface area contributed by atoms with Crippen LogP contribution in [0.1, 0.15) is 54.6 Å². The molecule has 0 unspecified atom stereocenters. The summed E-state index contributed by atoms with van der Waals surface area (Å²) in [5.74, 6) is 1.91. The van der Waals surface area contributed by atoms with Crippen molar-refractivity contribution in [2.24, 2.45) is 18.4 Å². The molecule has 0 spiro atoms. The minimum Gasteiger partial charge on any atom is -0.493 e. The molecule has 3 aromatic rings. The molecule has 0 radical (unpaired) electrons. The molecule has 222 valence electrons. The SMILES string of the molecule is COc1ccc(/C=C/C(=O)NCc2nnc(SCC(=O)Nc3sc4c(c3C#N)CC[C@H](C(C)(C)C)C4)n2C)cc1OC. The minimum atomic E-state index is -0.290. The van der Waals surface area contributed by atoms with Gasteiger partial charge in [0.15, 0.2) is 22.5 Å². The van der Waals surface area contributed by atoms with Crippen molar-refractivity contribution in [1.29, 1.82) is 5.26 Å².